The molecule has 18 heavy (non-hydrogen) atoms. The van der Waals surface area contributed by atoms with Crippen LogP contribution >= 0.6 is 0 Å². The van der Waals surface area contributed by atoms with Gasteiger partial charge in [0.15, 0.2) is 0 Å². The van der Waals surface area contributed by atoms with Crippen LogP contribution in [0.2, 0.25) is 0 Å². The topological polar surface area (TPSA) is 41.3 Å². The molecular weight excluding hydrogens is 222 g/mol. The van der Waals surface area contributed by atoms with Gasteiger partial charge in [0, 0.05) is 24.7 Å². The van der Waals surface area contributed by atoms with E-state index in [0.717, 1.165) is 18.5 Å². The summed E-state index contributed by atoms with van der Waals surface area (Å²) < 4.78 is 0. The van der Waals surface area contributed by atoms with Crippen LogP contribution in [0.25, 0.3) is 0 Å². The van der Waals surface area contributed by atoms with Crippen LogP contribution in [0.1, 0.15) is 51.4 Å². The molecule has 1 saturated carbocycles. The lowest BCUT2D eigenvalue weighted by atomic mass is 9.82. The maximum absolute atomic E-state index is 6.15. The number of piperidine rings is 1. The van der Waals surface area contributed by atoms with E-state index in [1.54, 1.807) is 0 Å². The summed E-state index contributed by atoms with van der Waals surface area (Å²) in [7, 11) is 0. The highest BCUT2D eigenvalue weighted by Gasteiger charge is 2.46. The first-order valence-electron chi connectivity index (χ1n) is 8.03. The van der Waals surface area contributed by atoms with Gasteiger partial charge < -0.3 is 11.1 Å². The zero-order valence-electron chi connectivity index (χ0n) is 11.7. The summed E-state index contributed by atoms with van der Waals surface area (Å²) in [6, 6.07) is 0.720. The van der Waals surface area contributed by atoms with Gasteiger partial charge in [-0.2, -0.15) is 0 Å². The molecule has 3 N–H and O–H groups in total. The van der Waals surface area contributed by atoms with E-state index in [1.807, 2.05) is 0 Å². The maximum Gasteiger partial charge on any atom is 0.0473 e. The van der Waals surface area contributed by atoms with Crippen LogP contribution < -0.4 is 11.1 Å². The Morgan fingerprint density at radius 2 is 2.00 bits per heavy atom. The second-order valence-corrected chi connectivity index (χ2v) is 6.67. The monoisotopic (exact) mass is 251 g/mol. The zero-order chi connectivity index (χ0) is 12.4. The van der Waals surface area contributed by atoms with Crippen LogP contribution in [0.15, 0.2) is 0 Å². The van der Waals surface area contributed by atoms with Crippen LogP contribution in [0.3, 0.4) is 0 Å². The van der Waals surface area contributed by atoms with Crippen molar-refractivity contribution in [2.24, 2.45) is 11.7 Å². The second-order valence-electron chi connectivity index (χ2n) is 6.67. The van der Waals surface area contributed by atoms with Crippen LogP contribution in [0, 0.1) is 5.92 Å². The Hall–Kier alpha value is -0.120. The van der Waals surface area contributed by atoms with Gasteiger partial charge in [0.2, 0.25) is 0 Å². The van der Waals surface area contributed by atoms with Gasteiger partial charge in [-0.1, -0.05) is 25.7 Å². The highest BCUT2D eigenvalue weighted by atomic mass is 15.3. The third kappa shape index (κ3) is 2.33. The van der Waals surface area contributed by atoms with E-state index in [0.29, 0.717) is 0 Å². The van der Waals surface area contributed by atoms with Gasteiger partial charge >= 0.3 is 0 Å². The number of rotatable bonds is 5. The standard InChI is InChI=1S/C15H29N3/c16-12-15(17-9-7-13-4-3-5-13)8-11-18-10-2-1-6-14(15)18/h13-14,17H,1-12,16H2. The largest absolute Gasteiger partial charge is 0.329 e. The molecule has 3 heteroatoms. The molecule has 3 rings (SSSR count). The fourth-order valence-electron chi connectivity index (χ4n) is 4.22. The van der Waals surface area contributed by atoms with Crippen molar-refractivity contribution in [3.05, 3.63) is 0 Å². The Morgan fingerprint density at radius 3 is 2.72 bits per heavy atom. The minimum absolute atomic E-state index is 0.240. The lowest BCUT2D eigenvalue weighted by Crippen LogP contribution is -2.60. The molecule has 3 nitrogen and oxygen atoms in total. The molecule has 2 aliphatic heterocycles. The number of nitrogens with two attached hydrogens (primary N) is 1. The van der Waals surface area contributed by atoms with Crippen LogP contribution in [0.4, 0.5) is 0 Å². The minimum Gasteiger partial charge on any atom is -0.329 e. The summed E-state index contributed by atoms with van der Waals surface area (Å²) in [6.07, 6.45) is 11.2. The van der Waals surface area contributed by atoms with Crippen LogP contribution in [-0.2, 0) is 0 Å². The predicted molar refractivity (Wildman–Crippen MR) is 75.6 cm³/mol. The summed E-state index contributed by atoms with van der Waals surface area (Å²) in [5, 5.41) is 3.88. The van der Waals surface area contributed by atoms with Crippen LogP contribution in [0.5, 0.6) is 0 Å². The summed E-state index contributed by atoms with van der Waals surface area (Å²) in [5.41, 5.74) is 6.39. The SMILES string of the molecule is NCC1(NCCC2CCC2)CCN2CCCCC21. The third-order valence-corrected chi connectivity index (χ3v) is 5.72. The molecule has 2 atom stereocenters. The Labute approximate surface area is 111 Å². The van der Waals surface area contributed by atoms with Gasteiger partial charge in [-0.3, -0.25) is 4.90 Å². The molecule has 2 unspecified atom stereocenters. The first-order valence-corrected chi connectivity index (χ1v) is 8.03. The molecule has 3 aliphatic rings. The van der Waals surface area contributed by atoms with E-state index in [-0.39, 0.29) is 5.54 Å². The number of nitrogens with one attached hydrogen (secondary N) is 1. The smallest absolute Gasteiger partial charge is 0.0473 e. The molecule has 1 aliphatic carbocycles. The summed E-state index contributed by atoms with van der Waals surface area (Å²) in [5.74, 6) is 1.01. The molecular formula is C15H29N3. The molecule has 3 fully saturated rings. The van der Waals surface area contributed by atoms with E-state index in [4.69, 9.17) is 5.73 Å². The van der Waals surface area contributed by atoms with Crippen molar-refractivity contribution in [3.8, 4) is 0 Å². The van der Waals surface area contributed by atoms with Crippen molar-refractivity contribution < 1.29 is 0 Å². The first-order chi connectivity index (χ1) is 8.84. The lowest BCUT2D eigenvalue weighted by molar-refractivity contribution is 0.137. The predicted octanol–water partition coefficient (Wildman–Crippen LogP) is 1.72. The summed E-state index contributed by atoms with van der Waals surface area (Å²) in [6.45, 7) is 4.57. The highest BCUT2D eigenvalue weighted by Crippen LogP contribution is 2.35. The van der Waals surface area contributed by atoms with Gasteiger partial charge in [-0.25, -0.2) is 0 Å². The average Bonchev–Trinajstić information content (AvgIpc) is 2.73. The fourth-order valence-corrected chi connectivity index (χ4v) is 4.22. The van der Waals surface area contributed by atoms with Crippen molar-refractivity contribution in [2.75, 3.05) is 26.2 Å². The van der Waals surface area contributed by atoms with E-state index in [1.165, 1.54) is 71.0 Å². The number of nitrogens with zero attached hydrogens (tertiary/aromatic N) is 1. The summed E-state index contributed by atoms with van der Waals surface area (Å²) >= 11 is 0. The van der Waals surface area contributed by atoms with E-state index >= 15 is 0 Å². The van der Waals surface area contributed by atoms with Crippen molar-refractivity contribution in [1.29, 1.82) is 0 Å². The van der Waals surface area contributed by atoms with Crippen molar-refractivity contribution in [2.45, 2.75) is 62.9 Å². The van der Waals surface area contributed by atoms with Gasteiger partial charge in [0.25, 0.3) is 0 Å². The quantitative estimate of drug-likeness (QED) is 0.782. The Morgan fingerprint density at radius 1 is 1.11 bits per heavy atom. The zero-order valence-corrected chi connectivity index (χ0v) is 11.7. The Bertz CT molecular complexity index is 277. The summed E-state index contributed by atoms with van der Waals surface area (Å²) in [4.78, 5) is 2.69. The molecule has 0 bridgehead atoms. The van der Waals surface area contributed by atoms with Gasteiger partial charge in [-0.15, -0.1) is 0 Å². The van der Waals surface area contributed by atoms with Gasteiger partial charge in [0.1, 0.15) is 0 Å². The Kier molecular flexibility index (Phi) is 3.92. The van der Waals surface area contributed by atoms with Crippen molar-refractivity contribution in [1.82, 2.24) is 10.2 Å². The highest BCUT2D eigenvalue weighted by molar-refractivity contribution is 5.07. The van der Waals surface area contributed by atoms with Gasteiger partial charge in [-0.05, 0) is 44.7 Å². The molecule has 2 saturated heterocycles. The van der Waals surface area contributed by atoms with Crippen molar-refractivity contribution in [3.63, 3.8) is 0 Å². The molecule has 0 radical (unpaired) electrons. The van der Waals surface area contributed by atoms with E-state index in [9.17, 15) is 0 Å². The van der Waals surface area contributed by atoms with Crippen LogP contribution in [-0.4, -0.2) is 42.7 Å². The molecule has 0 spiro atoms. The minimum atomic E-state index is 0.240. The molecule has 0 aromatic heterocycles. The number of hydrogen-bond donors (Lipinski definition) is 2. The Balaban J connectivity index is 1.55. The van der Waals surface area contributed by atoms with E-state index < -0.39 is 0 Å². The number of hydrogen-bond acceptors (Lipinski definition) is 3. The van der Waals surface area contributed by atoms with Gasteiger partial charge in [0.05, 0.1) is 0 Å². The average molecular weight is 251 g/mol. The molecule has 0 amide bonds. The van der Waals surface area contributed by atoms with E-state index in [2.05, 4.69) is 10.2 Å². The second kappa shape index (κ2) is 5.48. The molecule has 0 aromatic carbocycles. The molecule has 2 heterocycles. The first kappa shape index (κ1) is 12.9. The number of fused-ring (bicyclic) bond motifs is 1. The molecule has 0 aromatic rings. The molecule has 104 valence electrons. The normalized spacial score (nSPS) is 37.5. The maximum atomic E-state index is 6.15. The fraction of sp³-hybridized carbons (Fsp3) is 1.00. The third-order valence-electron chi connectivity index (χ3n) is 5.72. The van der Waals surface area contributed by atoms with Crippen molar-refractivity contribution >= 4 is 0 Å². The lowest BCUT2D eigenvalue weighted by Gasteiger charge is -2.41.